The van der Waals surface area contributed by atoms with Crippen LogP contribution in [0.2, 0.25) is 0 Å². The van der Waals surface area contributed by atoms with Gasteiger partial charge in [-0.1, -0.05) is 26.0 Å². The van der Waals surface area contributed by atoms with Crippen LogP contribution in [0.1, 0.15) is 42.5 Å². The molecule has 2 nitrogen and oxygen atoms in total. The molecule has 1 aromatic rings. The van der Waals surface area contributed by atoms with Crippen LogP contribution >= 0.6 is 0 Å². The molecule has 0 bridgehead atoms. The fourth-order valence-electron chi connectivity index (χ4n) is 2.16. The Morgan fingerprint density at radius 2 is 1.75 bits per heavy atom. The average Bonchev–Trinajstić information content (AvgIpc) is 2.11. The summed E-state index contributed by atoms with van der Waals surface area (Å²) in [6.45, 7) is 10.2. The molecule has 1 aromatic carbocycles. The van der Waals surface area contributed by atoms with E-state index in [1.54, 1.807) is 0 Å². The Labute approximate surface area is 97.3 Å². The van der Waals surface area contributed by atoms with Crippen molar-refractivity contribution in [2.24, 2.45) is 0 Å². The SMILES string of the molecule is Cc1ccc(C(C)(C)CC(=O)O)c(C)c1C. The molecule has 0 amide bonds. The van der Waals surface area contributed by atoms with E-state index in [-0.39, 0.29) is 11.8 Å². The lowest BCUT2D eigenvalue weighted by molar-refractivity contribution is -0.138. The van der Waals surface area contributed by atoms with Crippen molar-refractivity contribution in [3.63, 3.8) is 0 Å². The van der Waals surface area contributed by atoms with Gasteiger partial charge in [0.2, 0.25) is 0 Å². The molecular formula is C14H20O2. The largest absolute Gasteiger partial charge is 0.481 e. The van der Waals surface area contributed by atoms with Gasteiger partial charge >= 0.3 is 5.97 Å². The molecule has 0 aliphatic rings. The Bertz CT molecular complexity index is 417. The third-order valence-electron chi connectivity index (χ3n) is 3.38. The quantitative estimate of drug-likeness (QED) is 0.848. The molecule has 0 saturated carbocycles. The number of hydrogen-bond acceptors (Lipinski definition) is 1. The van der Waals surface area contributed by atoms with Gasteiger partial charge in [0, 0.05) is 5.41 Å². The number of benzene rings is 1. The number of aliphatic carboxylic acids is 1. The summed E-state index contributed by atoms with van der Waals surface area (Å²) < 4.78 is 0. The van der Waals surface area contributed by atoms with Crippen LogP contribution in [-0.2, 0) is 10.2 Å². The number of aryl methyl sites for hydroxylation is 1. The van der Waals surface area contributed by atoms with Crippen molar-refractivity contribution in [2.45, 2.75) is 46.5 Å². The third kappa shape index (κ3) is 2.43. The summed E-state index contributed by atoms with van der Waals surface area (Å²) >= 11 is 0. The average molecular weight is 220 g/mol. The molecule has 0 aliphatic carbocycles. The van der Waals surface area contributed by atoms with Crippen molar-refractivity contribution >= 4 is 5.97 Å². The van der Waals surface area contributed by atoms with Gasteiger partial charge in [-0.25, -0.2) is 0 Å². The highest BCUT2D eigenvalue weighted by Gasteiger charge is 2.26. The van der Waals surface area contributed by atoms with Crippen molar-refractivity contribution in [3.8, 4) is 0 Å². The third-order valence-corrected chi connectivity index (χ3v) is 3.38. The Hall–Kier alpha value is -1.31. The zero-order valence-corrected chi connectivity index (χ0v) is 10.7. The lowest BCUT2D eigenvalue weighted by atomic mass is 9.78. The molecular weight excluding hydrogens is 200 g/mol. The minimum atomic E-state index is -0.748. The van der Waals surface area contributed by atoms with Crippen LogP contribution < -0.4 is 0 Å². The first kappa shape index (κ1) is 12.8. The van der Waals surface area contributed by atoms with Crippen molar-refractivity contribution in [2.75, 3.05) is 0 Å². The first-order valence-corrected chi connectivity index (χ1v) is 5.55. The summed E-state index contributed by atoms with van der Waals surface area (Å²) in [6.07, 6.45) is 0.163. The molecule has 88 valence electrons. The smallest absolute Gasteiger partial charge is 0.304 e. The zero-order chi connectivity index (χ0) is 12.5. The molecule has 0 heterocycles. The van der Waals surface area contributed by atoms with E-state index in [9.17, 15) is 4.79 Å². The van der Waals surface area contributed by atoms with Crippen LogP contribution in [0.15, 0.2) is 12.1 Å². The van der Waals surface area contributed by atoms with E-state index in [0.29, 0.717) is 0 Å². The molecule has 1 rings (SSSR count). The van der Waals surface area contributed by atoms with E-state index >= 15 is 0 Å². The second-order valence-corrected chi connectivity index (χ2v) is 5.13. The van der Waals surface area contributed by atoms with E-state index in [1.165, 1.54) is 16.7 Å². The van der Waals surface area contributed by atoms with Gasteiger partial charge in [0.05, 0.1) is 6.42 Å². The summed E-state index contributed by atoms with van der Waals surface area (Å²) in [4.78, 5) is 10.9. The van der Waals surface area contributed by atoms with E-state index in [1.807, 2.05) is 13.8 Å². The second-order valence-electron chi connectivity index (χ2n) is 5.13. The maximum absolute atomic E-state index is 10.9. The normalized spacial score (nSPS) is 11.6. The van der Waals surface area contributed by atoms with Gasteiger partial charge in [-0.05, 0) is 43.0 Å². The number of carbonyl (C=O) groups is 1. The van der Waals surface area contributed by atoms with Gasteiger partial charge in [0.25, 0.3) is 0 Å². The Morgan fingerprint density at radius 3 is 2.25 bits per heavy atom. The Morgan fingerprint density at radius 1 is 1.19 bits per heavy atom. The lowest BCUT2D eigenvalue weighted by Gasteiger charge is -2.26. The Kier molecular flexibility index (Phi) is 3.41. The van der Waals surface area contributed by atoms with Crippen LogP contribution in [0.4, 0.5) is 0 Å². The first-order valence-electron chi connectivity index (χ1n) is 5.55. The van der Waals surface area contributed by atoms with Crippen LogP contribution in [0.25, 0.3) is 0 Å². The second kappa shape index (κ2) is 4.28. The van der Waals surface area contributed by atoms with Gasteiger partial charge < -0.3 is 5.11 Å². The molecule has 0 aliphatic heterocycles. The van der Waals surface area contributed by atoms with Crippen molar-refractivity contribution < 1.29 is 9.90 Å². The summed E-state index contributed by atoms with van der Waals surface area (Å²) in [7, 11) is 0. The highest BCUT2D eigenvalue weighted by Crippen LogP contribution is 2.31. The van der Waals surface area contributed by atoms with E-state index < -0.39 is 5.97 Å². The van der Waals surface area contributed by atoms with Crippen LogP contribution in [0.3, 0.4) is 0 Å². The molecule has 0 radical (unpaired) electrons. The van der Waals surface area contributed by atoms with Crippen molar-refractivity contribution in [1.82, 2.24) is 0 Å². The van der Waals surface area contributed by atoms with Crippen LogP contribution in [0.5, 0.6) is 0 Å². The molecule has 0 aromatic heterocycles. The number of hydrogen-bond donors (Lipinski definition) is 1. The fourth-order valence-corrected chi connectivity index (χ4v) is 2.16. The van der Waals surface area contributed by atoms with Gasteiger partial charge in [-0.15, -0.1) is 0 Å². The lowest BCUT2D eigenvalue weighted by Crippen LogP contribution is -2.23. The number of carboxylic acids is 1. The van der Waals surface area contributed by atoms with E-state index in [2.05, 4.69) is 32.9 Å². The van der Waals surface area contributed by atoms with Gasteiger partial charge in [0.15, 0.2) is 0 Å². The molecule has 2 heteroatoms. The summed E-state index contributed by atoms with van der Waals surface area (Å²) in [6, 6.07) is 4.13. The minimum Gasteiger partial charge on any atom is -0.481 e. The Balaban J connectivity index is 3.23. The van der Waals surface area contributed by atoms with Gasteiger partial charge in [-0.2, -0.15) is 0 Å². The predicted molar refractivity (Wildman–Crippen MR) is 65.9 cm³/mol. The summed E-state index contributed by atoms with van der Waals surface area (Å²) in [5.74, 6) is -0.748. The molecule has 0 atom stereocenters. The summed E-state index contributed by atoms with van der Waals surface area (Å²) in [5, 5.41) is 8.93. The highest BCUT2D eigenvalue weighted by atomic mass is 16.4. The van der Waals surface area contributed by atoms with E-state index in [4.69, 9.17) is 5.11 Å². The standard InChI is InChI=1S/C14H20O2/c1-9-6-7-12(11(3)10(9)2)14(4,5)8-13(15)16/h6-7H,8H2,1-5H3,(H,15,16). The molecule has 0 fully saturated rings. The monoisotopic (exact) mass is 220 g/mol. The fraction of sp³-hybridized carbons (Fsp3) is 0.500. The molecule has 0 unspecified atom stereocenters. The zero-order valence-electron chi connectivity index (χ0n) is 10.7. The maximum atomic E-state index is 10.9. The van der Waals surface area contributed by atoms with Crippen LogP contribution in [-0.4, -0.2) is 11.1 Å². The molecule has 0 spiro atoms. The molecule has 16 heavy (non-hydrogen) atoms. The first-order chi connectivity index (χ1) is 7.25. The number of rotatable bonds is 3. The van der Waals surface area contributed by atoms with Gasteiger partial charge in [0.1, 0.15) is 0 Å². The number of carboxylic acid groups (broad SMARTS) is 1. The predicted octanol–water partition coefficient (Wildman–Crippen LogP) is 3.36. The van der Waals surface area contributed by atoms with Crippen LogP contribution in [0, 0.1) is 20.8 Å². The highest BCUT2D eigenvalue weighted by molar-refractivity contribution is 5.69. The van der Waals surface area contributed by atoms with Gasteiger partial charge in [-0.3, -0.25) is 4.79 Å². The topological polar surface area (TPSA) is 37.3 Å². The van der Waals surface area contributed by atoms with Crippen molar-refractivity contribution in [1.29, 1.82) is 0 Å². The molecule has 1 N–H and O–H groups in total. The van der Waals surface area contributed by atoms with Crippen molar-refractivity contribution in [3.05, 3.63) is 34.4 Å². The van der Waals surface area contributed by atoms with E-state index in [0.717, 1.165) is 5.56 Å². The summed E-state index contributed by atoms with van der Waals surface area (Å²) in [5.41, 5.74) is 4.56. The molecule has 0 saturated heterocycles. The minimum absolute atomic E-state index is 0.163. The maximum Gasteiger partial charge on any atom is 0.304 e.